The van der Waals surface area contributed by atoms with Crippen molar-refractivity contribution in [1.29, 1.82) is 0 Å². The molecule has 0 spiro atoms. The molecule has 4 nitrogen and oxygen atoms in total. The fourth-order valence-electron chi connectivity index (χ4n) is 3.40. The predicted octanol–water partition coefficient (Wildman–Crippen LogP) is 5.27. The van der Waals surface area contributed by atoms with E-state index >= 15 is 0 Å². The lowest BCUT2D eigenvalue weighted by Gasteiger charge is -2.14. The van der Waals surface area contributed by atoms with Gasteiger partial charge in [-0.1, -0.05) is 36.4 Å². The SMILES string of the molecule is O=C(Nc1ccccc1)Nc1ccc(-c2ccc(F)cc2)c2c1C(=O)CC2. The number of ketones is 1. The van der Waals surface area contributed by atoms with Crippen LogP contribution in [0.15, 0.2) is 66.7 Å². The molecule has 27 heavy (non-hydrogen) atoms. The normalized spacial score (nSPS) is 12.6. The van der Waals surface area contributed by atoms with Gasteiger partial charge in [0.15, 0.2) is 5.78 Å². The third kappa shape index (κ3) is 3.44. The standard InChI is InChI=1S/C22H17FN2O2/c23-15-8-6-14(7-9-15)17-10-12-19(21-18(17)11-13-20(21)26)25-22(27)24-16-4-2-1-3-5-16/h1-10,12H,11,13H2,(H2,24,25,27). The van der Waals surface area contributed by atoms with Crippen molar-refractivity contribution in [2.24, 2.45) is 0 Å². The minimum absolute atomic E-state index is 0.00368. The van der Waals surface area contributed by atoms with Crippen LogP contribution in [0.4, 0.5) is 20.6 Å². The molecule has 0 atom stereocenters. The van der Waals surface area contributed by atoms with Crippen LogP contribution >= 0.6 is 0 Å². The summed E-state index contributed by atoms with van der Waals surface area (Å²) >= 11 is 0. The highest BCUT2D eigenvalue weighted by molar-refractivity contribution is 6.11. The quantitative estimate of drug-likeness (QED) is 0.669. The van der Waals surface area contributed by atoms with Crippen LogP contribution in [0.5, 0.6) is 0 Å². The van der Waals surface area contributed by atoms with Gasteiger partial charge >= 0.3 is 6.03 Å². The van der Waals surface area contributed by atoms with Crippen LogP contribution in [0.25, 0.3) is 11.1 Å². The van der Waals surface area contributed by atoms with Crippen molar-refractivity contribution in [2.45, 2.75) is 12.8 Å². The molecule has 3 aromatic rings. The van der Waals surface area contributed by atoms with Gasteiger partial charge in [0.2, 0.25) is 0 Å². The molecule has 0 radical (unpaired) electrons. The van der Waals surface area contributed by atoms with Crippen molar-refractivity contribution in [1.82, 2.24) is 0 Å². The summed E-state index contributed by atoms with van der Waals surface area (Å²) in [5.41, 5.74) is 4.34. The molecule has 0 saturated carbocycles. The number of benzene rings is 3. The van der Waals surface area contributed by atoms with E-state index in [0.29, 0.717) is 29.8 Å². The molecule has 4 rings (SSSR count). The van der Waals surface area contributed by atoms with Crippen LogP contribution in [0.1, 0.15) is 22.3 Å². The van der Waals surface area contributed by atoms with E-state index in [9.17, 15) is 14.0 Å². The smallest absolute Gasteiger partial charge is 0.308 e. The highest BCUT2D eigenvalue weighted by Gasteiger charge is 2.26. The molecule has 134 valence electrons. The Balaban J connectivity index is 1.65. The number of fused-ring (bicyclic) bond motifs is 1. The third-order valence-electron chi connectivity index (χ3n) is 4.63. The fourth-order valence-corrected chi connectivity index (χ4v) is 3.40. The van der Waals surface area contributed by atoms with Crippen molar-refractivity contribution >= 4 is 23.2 Å². The Morgan fingerprint density at radius 2 is 1.59 bits per heavy atom. The second-order valence-electron chi connectivity index (χ2n) is 6.39. The second kappa shape index (κ2) is 7.03. The summed E-state index contributed by atoms with van der Waals surface area (Å²) in [5.74, 6) is -0.300. The van der Waals surface area contributed by atoms with Gasteiger partial charge in [-0.3, -0.25) is 4.79 Å². The zero-order chi connectivity index (χ0) is 18.8. The van der Waals surface area contributed by atoms with Crippen molar-refractivity contribution < 1.29 is 14.0 Å². The highest BCUT2D eigenvalue weighted by atomic mass is 19.1. The summed E-state index contributed by atoms with van der Waals surface area (Å²) < 4.78 is 13.2. The van der Waals surface area contributed by atoms with Crippen LogP contribution in [0.3, 0.4) is 0 Å². The van der Waals surface area contributed by atoms with Gasteiger partial charge in [0.25, 0.3) is 0 Å². The molecule has 5 heteroatoms. The number of halogens is 1. The number of amides is 2. The lowest BCUT2D eigenvalue weighted by atomic mass is 9.95. The van der Waals surface area contributed by atoms with E-state index in [4.69, 9.17) is 0 Å². The Morgan fingerprint density at radius 1 is 0.852 bits per heavy atom. The Morgan fingerprint density at radius 3 is 2.33 bits per heavy atom. The largest absolute Gasteiger partial charge is 0.323 e. The number of para-hydroxylation sites is 1. The number of rotatable bonds is 3. The van der Waals surface area contributed by atoms with Gasteiger partial charge in [-0.15, -0.1) is 0 Å². The number of carbonyl (C=O) groups excluding carboxylic acids is 2. The minimum atomic E-state index is -0.405. The van der Waals surface area contributed by atoms with Gasteiger partial charge in [0.05, 0.1) is 5.69 Å². The number of nitrogens with one attached hydrogen (secondary N) is 2. The predicted molar refractivity (Wildman–Crippen MR) is 104 cm³/mol. The van der Waals surface area contributed by atoms with E-state index in [1.165, 1.54) is 12.1 Å². The van der Waals surface area contributed by atoms with Crippen LogP contribution in [-0.4, -0.2) is 11.8 Å². The molecule has 0 bridgehead atoms. The Labute approximate surface area is 156 Å². The van der Waals surface area contributed by atoms with Gasteiger partial charge < -0.3 is 10.6 Å². The second-order valence-corrected chi connectivity index (χ2v) is 6.39. The maximum absolute atomic E-state index is 13.2. The van der Waals surface area contributed by atoms with Gasteiger partial charge in [0.1, 0.15) is 5.82 Å². The summed E-state index contributed by atoms with van der Waals surface area (Å²) in [5, 5.41) is 5.52. The first-order chi connectivity index (χ1) is 13.1. The molecule has 0 heterocycles. The van der Waals surface area contributed by atoms with Crippen molar-refractivity contribution in [2.75, 3.05) is 10.6 Å². The zero-order valence-corrected chi connectivity index (χ0v) is 14.5. The summed E-state index contributed by atoms with van der Waals surface area (Å²) in [7, 11) is 0. The first-order valence-electron chi connectivity index (χ1n) is 8.70. The van der Waals surface area contributed by atoms with E-state index in [-0.39, 0.29) is 11.6 Å². The van der Waals surface area contributed by atoms with Crippen molar-refractivity contribution in [3.63, 3.8) is 0 Å². The summed E-state index contributed by atoms with van der Waals surface area (Å²) in [6, 6.07) is 18.5. The van der Waals surface area contributed by atoms with Gasteiger partial charge in [0, 0.05) is 17.7 Å². The number of hydrogen-bond acceptors (Lipinski definition) is 2. The summed E-state index contributed by atoms with van der Waals surface area (Å²) in [6.45, 7) is 0. The first-order valence-corrected chi connectivity index (χ1v) is 8.70. The average molecular weight is 360 g/mol. The Bertz CT molecular complexity index is 1010. The van der Waals surface area contributed by atoms with Crippen LogP contribution in [0.2, 0.25) is 0 Å². The molecule has 2 amide bonds. The lowest BCUT2D eigenvalue weighted by Crippen LogP contribution is -2.20. The van der Waals surface area contributed by atoms with Crippen molar-refractivity contribution in [3.8, 4) is 11.1 Å². The molecular weight excluding hydrogens is 343 g/mol. The first kappa shape index (κ1) is 17.0. The number of Topliss-reactive ketones (excluding diaryl/α,β-unsaturated/α-hetero) is 1. The maximum atomic E-state index is 13.2. The number of anilines is 2. The van der Waals surface area contributed by atoms with Gasteiger partial charge in [-0.2, -0.15) is 0 Å². The molecular formula is C22H17FN2O2. The van der Waals surface area contributed by atoms with E-state index in [0.717, 1.165) is 16.7 Å². The zero-order valence-electron chi connectivity index (χ0n) is 14.5. The topological polar surface area (TPSA) is 58.2 Å². The third-order valence-corrected chi connectivity index (χ3v) is 4.63. The summed E-state index contributed by atoms with van der Waals surface area (Å²) in [4.78, 5) is 24.7. The Hall–Kier alpha value is -3.47. The Kier molecular flexibility index (Phi) is 4.42. The van der Waals surface area contributed by atoms with Crippen LogP contribution in [-0.2, 0) is 6.42 Å². The van der Waals surface area contributed by atoms with E-state index in [1.807, 2.05) is 24.3 Å². The number of carbonyl (C=O) groups is 2. The molecule has 3 aromatic carbocycles. The van der Waals surface area contributed by atoms with Gasteiger partial charge in [-0.05, 0) is 53.4 Å². The lowest BCUT2D eigenvalue weighted by molar-refractivity contribution is 0.0995. The molecule has 2 N–H and O–H groups in total. The van der Waals surface area contributed by atoms with Gasteiger partial charge in [-0.25, -0.2) is 9.18 Å². The number of urea groups is 1. The van der Waals surface area contributed by atoms with E-state index in [2.05, 4.69) is 10.6 Å². The highest BCUT2D eigenvalue weighted by Crippen LogP contribution is 2.37. The summed E-state index contributed by atoms with van der Waals surface area (Å²) in [6.07, 6.45) is 1.01. The van der Waals surface area contributed by atoms with E-state index in [1.54, 1.807) is 30.3 Å². The molecule has 0 fully saturated rings. The number of hydrogen-bond donors (Lipinski definition) is 2. The fraction of sp³-hybridized carbons (Fsp3) is 0.0909. The monoisotopic (exact) mass is 360 g/mol. The molecule has 0 saturated heterocycles. The molecule has 0 unspecified atom stereocenters. The van der Waals surface area contributed by atoms with E-state index < -0.39 is 6.03 Å². The molecule has 1 aliphatic rings. The molecule has 1 aliphatic carbocycles. The van der Waals surface area contributed by atoms with Crippen molar-refractivity contribution in [3.05, 3.63) is 83.7 Å². The van der Waals surface area contributed by atoms with Crippen LogP contribution < -0.4 is 10.6 Å². The molecule has 0 aromatic heterocycles. The van der Waals surface area contributed by atoms with Crippen LogP contribution in [0, 0.1) is 5.82 Å². The average Bonchev–Trinajstić information content (AvgIpc) is 3.06. The molecule has 0 aliphatic heterocycles. The maximum Gasteiger partial charge on any atom is 0.323 e. The minimum Gasteiger partial charge on any atom is -0.308 e.